The van der Waals surface area contributed by atoms with Gasteiger partial charge in [0.25, 0.3) is 5.91 Å². The van der Waals surface area contributed by atoms with Crippen LogP contribution in [0.25, 0.3) is 11.1 Å². The van der Waals surface area contributed by atoms with E-state index in [0.29, 0.717) is 29.2 Å². The van der Waals surface area contributed by atoms with Crippen molar-refractivity contribution in [3.05, 3.63) is 58.9 Å². The molecule has 1 aliphatic carbocycles. The van der Waals surface area contributed by atoms with Crippen LogP contribution in [0.15, 0.2) is 36.4 Å². The maximum Gasteiger partial charge on any atom is 0.326 e. The molecule has 1 saturated carbocycles. The van der Waals surface area contributed by atoms with Crippen LogP contribution in [0.4, 0.5) is 4.39 Å². The molecule has 1 amide bonds. The summed E-state index contributed by atoms with van der Waals surface area (Å²) in [6.07, 6.45) is 9.69. The van der Waals surface area contributed by atoms with Gasteiger partial charge < -0.3 is 10.4 Å². The maximum atomic E-state index is 15.8. The van der Waals surface area contributed by atoms with Gasteiger partial charge in [-0.2, -0.15) is 11.8 Å². The lowest BCUT2D eigenvalue weighted by Gasteiger charge is -2.29. The van der Waals surface area contributed by atoms with E-state index in [1.807, 2.05) is 37.4 Å². The van der Waals surface area contributed by atoms with E-state index in [4.69, 9.17) is 0 Å². The number of aryl methyl sites for hydroxylation is 1. The molecule has 2 aromatic rings. The first-order chi connectivity index (χ1) is 18.7. The summed E-state index contributed by atoms with van der Waals surface area (Å²) in [5, 5.41) is 15.7. The van der Waals surface area contributed by atoms with E-state index in [0.717, 1.165) is 23.3 Å². The van der Waals surface area contributed by atoms with Gasteiger partial charge in [-0.05, 0) is 79.2 Å². The topological polar surface area (TPSA) is 78.4 Å². The zero-order valence-electron chi connectivity index (χ0n) is 23.6. The lowest BCUT2D eigenvalue weighted by Crippen LogP contribution is -2.41. The Morgan fingerprint density at radius 2 is 1.85 bits per heavy atom. The summed E-state index contributed by atoms with van der Waals surface area (Å²) in [6, 6.07) is 9.98. The van der Waals surface area contributed by atoms with Gasteiger partial charge in [0.2, 0.25) is 0 Å². The van der Waals surface area contributed by atoms with Crippen LogP contribution in [0.3, 0.4) is 0 Å². The van der Waals surface area contributed by atoms with Crippen molar-refractivity contribution in [1.82, 2.24) is 10.6 Å². The van der Waals surface area contributed by atoms with Crippen LogP contribution in [-0.4, -0.2) is 46.8 Å². The van der Waals surface area contributed by atoms with E-state index < -0.39 is 23.7 Å². The molecule has 1 fully saturated rings. The molecule has 0 bridgehead atoms. The summed E-state index contributed by atoms with van der Waals surface area (Å²) in [5.74, 6) is -0.0223. The largest absolute Gasteiger partial charge is 0.480 e. The number of amides is 1. The molecule has 39 heavy (non-hydrogen) atoms. The van der Waals surface area contributed by atoms with Crippen molar-refractivity contribution in [2.24, 2.45) is 5.92 Å². The molecule has 3 unspecified atom stereocenters. The Kier molecular flexibility index (Phi) is 12.7. The van der Waals surface area contributed by atoms with Crippen molar-refractivity contribution in [1.29, 1.82) is 0 Å². The number of thioether (sulfide) groups is 2. The fraction of sp³-hybridized carbons (Fsp3) is 0.548. The number of nitrogens with one attached hydrogen (secondary N) is 2. The number of hydrogen-bond donors (Lipinski definition) is 3. The Bertz CT molecular complexity index is 1110. The molecule has 214 valence electrons. The SMILES string of the molecule is CCSC(NC(C)CC1CCCCC1)c1cc(-c2ccccc2C)c(C(=O)NC(CCSC)C(=O)O)cc1F. The highest BCUT2D eigenvalue weighted by atomic mass is 32.2. The van der Waals surface area contributed by atoms with E-state index in [1.54, 1.807) is 17.8 Å². The number of carboxylic acids is 1. The van der Waals surface area contributed by atoms with E-state index >= 15 is 4.39 Å². The smallest absolute Gasteiger partial charge is 0.326 e. The Hall–Kier alpha value is -2.03. The molecule has 0 aromatic heterocycles. The van der Waals surface area contributed by atoms with Crippen molar-refractivity contribution < 1.29 is 19.1 Å². The highest BCUT2D eigenvalue weighted by Gasteiger charge is 2.27. The molecule has 2 aromatic carbocycles. The average Bonchev–Trinajstić information content (AvgIpc) is 2.91. The van der Waals surface area contributed by atoms with E-state index in [2.05, 4.69) is 24.5 Å². The number of rotatable bonds is 14. The maximum absolute atomic E-state index is 15.8. The molecule has 0 saturated heterocycles. The van der Waals surface area contributed by atoms with E-state index in [9.17, 15) is 14.7 Å². The van der Waals surface area contributed by atoms with Gasteiger partial charge in [-0.25, -0.2) is 9.18 Å². The number of benzene rings is 2. The van der Waals surface area contributed by atoms with Crippen LogP contribution in [0, 0.1) is 18.7 Å². The predicted molar refractivity (Wildman–Crippen MR) is 163 cm³/mol. The fourth-order valence-electron chi connectivity index (χ4n) is 5.45. The van der Waals surface area contributed by atoms with Crippen LogP contribution < -0.4 is 10.6 Å². The number of aliphatic carboxylic acids is 1. The number of halogens is 1. The Morgan fingerprint density at radius 1 is 1.13 bits per heavy atom. The highest BCUT2D eigenvalue weighted by Crippen LogP contribution is 2.36. The Balaban J connectivity index is 1.97. The van der Waals surface area contributed by atoms with Crippen LogP contribution >= 0.6 is 23.5 Å². The van der Waals surface area contributed by atoms with Gasteiger partial charge in [0.1, 0.15) is 11.9 Å². The van der Waals surface area contributed by atoms with Gasteiger partial charge in [-0.3, -0.25) is 10.1 Å². The summed E-state index contributed by atoms with van der Waals surface area (Å²) < 4.78 is 15.8. The third-order valence-corrected chi connectivity index (χ3v) is 9.19. The van der Waals surface area contributed by atoms with Gasteiger partial charge in [0, 0.05) is 11.6 Å². The number of carboxylic acid groups (broad SMARTS) is 1. The molecule has 0 heterocycles. The molecule has 8 heteroatoms. The summed E-state index contributed by atoms with van der Waals surface area (Å²) >= 11 is 3.16. The second-order valence-electron chi connectivity index (χ2n) is 10.5. The Labute approximate surface area is 241 Å². The molecule has 3 rings (SSSR count). The molecule has 1 aliphatic rings. The molecule has 3 N–H and O–H groups in total. The van der Waals surface area contributed by atoms with Crippen molar-refractivity contribution in [3.8, 4) is 11.1 Å². The van der Waals surface area contributed by atoms with Crippen LogP contribution in [0.5, 0.6) is 0 Å². The van der Waals surface area contributed by atoms with Gasteiger partial charge in [0.05, 0.1) is 10.9 Å². The van der Waals surface area contributed by atoms with E-state index in [-0.39, 0.29) is 17.0 Å². The summed E-state index contributed by atoms with van der Waals surface area (Å²) in [5.41, 5.74) is 3.06. The molecule has 0 radical (unpaired) electrons. The summed E-state index contributed by atoms with van der Waals surface area (Å²) in [4.78, 5) is 25.2. The standard InChI is InChI=1S/C31H43FN2O3S2/c1-5-39-30(33-21(3)17-22-12-7-6-8-13-22)26-18-24(23-14-10-9-11-20(23)2)25(19-27(26)32)29(35)34-28(31(36)37)15-16-38-4/h9-11,14,18-19,21-22,28,30,33H,5-8,12-13,15-17H2,1-4H3,(H,34,35)(H,36,37). The molecular weight excluding hydrogens is 531 g/mol. The molecule has 5 nitrogen and oxygen atoms in total. The first kappa shape index (κ1) is 31.5. The van der Waals surface area contributed by atoms with Gasteiger partial charge >= 0.3 is 5.97 Å². The van der Waals surface area contributed by atoms with E-state index in [1.165, 1.54) is 49.9 Å². The number of carbonyl (C=O) groups is 2. The average molecular weight is 575 g/mol. The predicted octanol–water partition coefficient (Wildman–Crippen LogP) is 7.44. The summed E-state index contributed by atoms with van der Waals surface area (Å²) in [7, 11) is 0. The van der Waals surface area contributed by atoms with Crippen molar-refractivity contribution >= 4 is 35.4 Å². The van der Waals surface area contributed by atoms with Crippen molar-refractivity contribution in [2.45, 2.75) is 83.2 Å². The minimum atomic E-state index is -1.09. The molecule has 3 atom stereocenters. The zero-order valence-corrected chi connectivity index (χ0v) is 25.2. The third-order valence-electron chi connectivity index (χ3n) is 7.49. The quantitative estimate of drug-likeness (QED) is 0.204. The van der Waals surface area contributed by atoms with Crippen LogP contribution in [0.2, 0.25) is 0 Å². The summed E-state index contributed by atoms with van der Waals surface area (Å²) in [6.45, 7) is 6.20. The molecular formula is C31H43FN2O3S2. The molecule has 0 spiro atoms. The van der Waals surface area contributed by atoms with Crippen molar-refractivity contribution in [2.75, 3.05) is 17.8 Å². The van der Waals surface area contributed by atoms with Crippen LogP contribution in [0.1, 0.15) is 85.7 Å². The second-order valence-corrected chi connectivity index (χ2v) is 12.9. The number of hydrogen-bond acceptors (Lipinski definition) is 5. The number of carbonyl (C=O) groups excluding carboxylic acids is 1. The fourth-order valence-corrected chi connectivity index (χ4v) is 6.94. The second kappa shape index (κ2) is 15.7. The lowest BCUT2D eigenvalue weighted by molar-refractivity contribution is -0.139. The third kappa shape index (κ3) is 8.98. The monoisotopic (exact) mass is 574 g/mol. The van der Waals surface area contributed by atoms with Gasteiger partial charge in [-0.1, -0.05) is 63.3 Å². The Morgan fingerprint density at radius 3 is 2.49 bits per heavy atom. The lowest BCUT2D eigenvalue weighted by atomic mass is 9.85. The van der Waals surface area contributed by atoms with Gasteiger partial charge in [-0.15, -0.1) is 11.8 Å². The van der Waals surface area contributed by atoms with Gasteiger partial charge in [0.15, 0.2) is 0 Å². The first-order valence-electron chi connectivity index (χ1n) is 14.0. The minimum absolute atomic E-state index is 0.149. The normalized spacial score (nSPS) is 16.4. The molecule has 0 aliphatic heterocycles. The van der Waals surface area contributed by atoms with Crippen molar-refractivity contribution in [3.63, 3.8) is 0 Å². The zero-order chi connectivity index (χ0) is 28.4. The minimum Gasteiger partial charge on any atom is -0.480 e. The highest BCUT2D eigenvalue weighted by molar-refractivity contribution is 7.99. The van der Waals surface area contributed by atoms with Crippen LogP contribution in [-0.2, 0) is 4.79 Å². The first-order valence-corrected chi connectivity index (χ1v) is 16.5.